The average Bonchev–Trinajstić information content (AvgIpc) is 1.89. The Hall–Kier alpha value is 0. The molecule has 0 atom stereocenters. The summed E-state index contributed by atoms with van der Waals surface area (Å²) in [5.74, 6) is 2.68. The summed E-state index contributed by atoms with van der Waals surface area (Å²) in [4.78, 5) is 2.52. The Balaban J connectivity index is 4.03. The molecular weight excluding hydrogens is 180 g/mol. The van der Waals surface area contributed by atoms with Crippen molar-refractivity contribution in [2.24, 2.45) is 0 Å². The van der Waals surface area contributed by atoms with Crippen LogP contribution in [0, 0.1) is 10.8 Å². The molecule has 0 saturated heterocycles. The number of aliphatic hydroxyl groups is 1. The van der Waals surface area contributed by atoms with Crippen LogP contribution in [0.3, 0.4) is 0 Å². The third-order valence-electron chi connectivity index (χ3n) is 1.45. The fourth-order valence-electron chi connectivity index (χ4n) is 0.515. The van der Waals surface area contributed by atoms with Gasteiger partial charge in [-0.05, 0) is 17.7 Å². The van der Waals surface area contributed by atoms with E-state index >= 15 is 0 Å². The summed E-state index contributed by atoms with van der Waals surface area (Å²) in [6, 6.07) is 0. The molecule has 9 heavy (non-hydrogen) atoms. The Labute approximate surface area is 64.6 Å². The molecule has 2 heteroatoms. The van der Waals surface area contributed by atoms with Gasteiger partial charge in [-0.15, -0.1) is 0 Å². The van der Waals surface area contributed by atoms with Crippen LogP contribution in [0.25, 0.3) is 0 Å². The lowest BCUT2D eigenvalue weighted by Gasteiger charge is -2.16. The lowest BCUT2D eigenvalue weighted by atomic mass is 9.99. The van der Waals surface area contributed by atoms with Crippen LogP contribution < -0.4 is 0 Å². The molecule has 0 aromatic heterocycles. The standard InChI is InChI=1S/C7H11BrO/c1-3-7(9,4-2)5-6-8/h9H,3-4H2,1-2H3. The third kappa shape index (κ3) is 2.88. The van der Waals surface area contributed by atoms with Gasteiger partial charge in [0.2, 0.25) is 0 Å². The summed E-state index contributed by atoms with van der Waals surface area (Å²) in [6.45, 7) is 3.84. The van der Waals surface area contributed by atoms with Gasteiger partial charge in [0, 0.05) is 15.9 Å². The van der Waals surface area contributed by atoms with E-state index in [0.29, 0.717) is 12.8 Å². The van der Waals surface area contributed by atoms with E-state index in [4.69, 9.17) is 0 Å². The van der Waals surface area contributed by atoms with Crippen molar-refractivity contribution >= 4 is 15.9 Å². The van der Waals surface area contributed by atoms with Crippen LogP contribution in [-0.2, 0) is 0 Å². The molecular formula is C7H11BrO. The topological polar surface area (TPSA) is 20.2 Å². The van der Waals surface area contributed by atoms with Crippen LogP contribution in [0.2, 0.25) is 0 Å². The lowest BCUT2D eigenvalue weighted by molar-refractivity contribution is 0.0932. The first kappa shape index (κ1) is 9.00. The highest BCUT2D eigenvalue weighted by Crippen LogP contribution is 2.12. The van der Waals surface area contributed by atoms with E-state index in [1.165, 1.54) is 0 Å². The molecule has 0 heterocycles. The average molecular weight is 191 g/mol. The monoisotopic (exact) mass is 190 g/mol. The van der Waals surface area contributed by atoms with Gasteiger partial charge < -0.3 is 5.11 Å². The van der Waals surface area contributed by atoms with Gasteiger partial charge in [-0.1, -0.05) is 19.8 Å². The molecule has 1 N–H and O–H groups in total. The first-order valence-corrected chi connectivity index (χ1v) is 3.83. The van der Waals surface area contributed by atoms with Gasteiger partial charge in [0.1, 0.15) is 5.60 Å². The number of hydrogen-bond donors (Lipinski definition) is 1. The van der Waals surface area contributed by atoms with E-state index < -0.39 is 5.60 Å². The zero-order valence-corrected chi connectivity index (χ0v) is 7.33. The molecule has 0 saturated carbocycles. The minimum atomic E-state index is -0.774. The van der Waals surface area contributed by atoms with Crippen molar-refractivity contribution in [3.63, 3.8) is 0 Å². The summed E-state index contributed by atoms with van der Waals surface area (Å²) in [6.07, 6.45) is 1.37. The van der Waals surface area contributed by atoms with Crippen LogP contribution in [0.4, 0.5) is 0 Å². The first-order valence-electron chi connectivity index (χ1n) is 3.03. The molecule has 0 unspecified atom stereocenters. The van der Waals surface area contributed by atoms with E-state index in [0.717, 1.165) is 0 Å². The fourth-order valence-corrected chi connectivity index (χ4v) is 0.884. The van der Waals surface area contributed by atoms with Crippen molar-refractivity contribution in [2.45, 2.75) is 32.3 Å². The third-order valence-corrected chi connectivity index (χ3v) is 1.65. The van der Waals surface area contributed by atoms with Gasteiger partial charge in [0.15, 0.2) is 0 Å². The Morgan fingerprint density at radius 2 is 1.89 bits per heavy atom. The summed E-state index contributed by atoms with van der Waals surface area (Å²) in [7, 11) is 0. The molecule has 0 fully saturated rings. The zero-order chi connectivity index (χ0) is 7.33. The van der Waals surface area contributed by atoms with Gasteiger partial charge in [-0.2, -0.15) is 0 Å². The van der Waals surface area contributed by atoms with Gasteiger partial charge in [0.05, 0.1) is 0 Å². The van der Waals surface area contributed by atoms with Crippen LogP contribution >= 0.6 is 15.9 Å². The van der Waals surface area contributed by atoms with Crippen molar-refractivity contribution in [1.29, 1.82) is 0 Å². The SMILES string of the molecule is CCC(O)(C#CBr)CC. The van der Waals surface area contributed by atoms with Crippen LogP contribution in [0.15, 0.2) is 0 Å². The molecule has 0 amide bonds. The number of hydrogen-bond acceptors (Lipinski definition) is 1. The minimum absolute atomic E-state index is 0.683. The predicted molar refractivity (Wildman–Crippen MR) is 42.2 cm³/mol. The zero-order valence-electron chi connectivity index (χ0n) is 5.74. The predicted octanol–water partition coefficient (Wildman–Crippen LogP) is 1.89. The van der Waals surface area contributed by atoms with Crippen LogP contribution in [-0.4, -0.2) is 10.7 Å². The van der Waals surface area contributed by atoms with Gasteiger partial charge in [-0.3, -0.25) is 0 Å². The Morgan fingerprint density at radius 1 is 1.44 bits per heavy atom. The normalized spacial score (nSPS) is 10.2. The second kappa shape index (κ2) is 3.92. The van der Waals surface area contributed by atoms with Crippen molar-refractivity contribution in [3.05, 3.63) is 0 Å². The lowest BCUT2D eigenvalue weighted by Crippen LogP contribution is -2.23. The number of halogens is 1. The smallest absolute Gasteiger partial charge is 0.125 e. The van der Waals surface area contributed by atoms with E-state index in [-0.39, 0.29) is 0 Å². The Kier molecular flexibility index (Phi) is 3.92. The van der Waals surface area contributed by atoms with E-state index in [9.17, 15) is 5.11 Å². The highest BCUT2D eigenvalue weighted by atomic mass is 79.9. The van der Waals surface area contributed by atoms with E-state index in [1.54, 1.807) is 0 Å². The molecule has 0 aliphatic rings. The summed E-state index contributed by atoms with van der Waals surface area (Å²) in [5.41, 5.74) is -0.774. The summed E-state index contributed by atoms with van der Waals surface area (Å²) >= 11 is 2.95. The molecule has 0 bridgehead atoms. The molecule has 0 aromatic rings. The highest BCUT2D eigenvalue weighted by molar-refractivity contribution is 9.12. The Morgan fingerprint density at radius 3 is 2.00 bits per heavy atom. The molecule has 0 rings (SSSR count). The van der Waals surface area contributed by atoms with Crippen molar-refractivity contribution in [3.8, 4) is 10.8 Å². The van der Waals surface area contributed by atoms with Crippen LogP contribution in [0.5, 0.6) is 0 Å². The van der Waals surface area contributed by atoms with Gasteiger partial charge in [-0.25, -0.2) is 0 Å². The summed E-state index contributed by atoms with van der Waals surface area (Å²) in [5, 5.41) is 9.43. The van der Waals surface area contributed by atoms with Crippen molar-refractivity contribution < 1.29 is 5.11 Å². The maximum absolute atomic E-state index is 9.43. The fraction of sp³-hybridized carbons (Fsp3) is 0.714. The maximum atomic E-state index is 9.43. The molecule has 52 valence electrons. The second-order valence-corrected chi connectivity index (χ2v) is 2.35. The van der Waals surface area contributed by atoms with Crippen molar-refractivity contribution in [1.82, 2.24) is 0 Å². The number of rotatable bonds is 2. The molecule has 1 nitrogen and oxygen atoms in total. The highest BCUT2D eigenvalue weighted by Gasteiger charge is 2.17. The quantitative estimate of drug-likeness (QED) is 0.661. The molecule has 0 aliphatic heterocycles. The van der Waals surface area contributed by atoms with E-state index in [2.05, 4.69) is 26.7 Å². The molecule has 0 aromatic carbocycles. The van der Waals surface area contributed by atoms with E-state index in [1.807, 2.05) is 13.8 Å². The first-order chi connectivity index (χ1) is 4.18. The molecule has 0 radical (unpaired) electrons. The van der Waals surface area contributed by atoms with Crippen molar-refractivity contribution in [2.75, 3.05) is 0 Å². The van der Waals surface area contributed by atoms with Crippen LogP contribution in [0.1, 0.15) is 26.7 Å². The second-order valence-electron chi connectivity index (χ2n) is 1.96. The maximum Gasteiger partial charge on any atom is 0.125 e. The molecule has 0 aliphatic carbocycles. The molecule has 0 spiro atoms. The Bertz CT molecular complexity index is 128. The minimum Gasteiger partial charge on any atom is -0.378 e. The van der Waals surface area contributed by atoms with Gasteiger partial charge >= 0.3 is 0 Å². The largest absolute Gasteiger partial charge is 0.378 e. The van der Waals surface area contributed by atoms with Gasteiger partial charge in [0.25, 0.3) is 0 Å². The summed E-state index contributed by atoms with van der Waals surface area (Å²) < 4.78 is 0.